The number of aromatic amines is 1. The summed E-state index contributed by atoms with van der Waals surface area (Å²) in [6.45, 7) is 3.86. The number of methoxy groups -OCH3 is 1. The molecule has 1 heterocycles. The Morgan fingerprint density at radius 3 is 2.71 bits per heavy atom. The predicted molar refractivity (Wildman–Crippen MR) is 94.3 cm³/mol. The zero-order valence-electron chi connectivity index (χ0n) is 13.9. The molecule has 1 aromatic heterocycles. The van der Waals surface area contributed by atoms with Gasteiger partial charge in [-0.1, -0.05) is 49.0 Å². The number of benzene rings is 1. The second-order valence-corrected chi connectivity index (χ2v) is 6.44. The normalized spacial score (nSPS) is 13.1. The van der Waals surface area contributed by atoms with E-state index in [-0.39, 0.29) is 28.6 Å². The van der Waals surface area contributed by atoms with Crippen molar-refractivity contribution in [3.05, 3.63) is 52.3 Å². The van der Waals surface area contributed by atoms with Crippen molar-refractivity contribution in [2.45, 2.75) is 36.7 Å². The average Bonchev–Trinajstić information content (AvgIpc) is 2.59. The van der Waals surface area contributed by atoms with E-state index in [1.165, 1.54) is 24.9 Å². The van der Waals surface area contributed by atoms with Crippen LogP contribution in [0.1, 0.15) is 31.9 Å². The van der Waals surface area contributed by atoms with Gasteiger partial charge in [0, 0.05) is 0 Å². The lowest BCUT2D eigenvalue weighted by Crippen LogP contribution is -2.34. The van der Waals surface area contributed by atoms with Gasteiger partial charge in [0.05, 0.1) is 24.5 Å². The Labute approximate surface area is 145 Å². The van der Waals surface area contributed by atoms with E-state index >= 15 is 0 Å². The summed E-state index contributed by atoms with van der Waals surface area (Å²) in [6.07, 6.45) is 0.610. The molecule has 2 atom stereocenters. The molecule has 7 heteroatoms. The van der Waals surface area contributed by atoms with Crippen LogP contribution in [-0.4, -0.2) is 28.2 Å². The van der Waals surface area contributed by atoms with Crippen LogP contribution in [0, 0.1) is 0 Å². The highest BCUT2D eigenvalue weighted by molar-refractivity contribution is 8.00. The van der Waals surface area contributed by atoms with Crippen molar-refractivity contribution in [2.24, 2.45) is 0 Å². The van der Waals surface area contributed by atoms with Crippen molar-refractivity contribution in [1.82, 2.24) is 15.3 Å². The van der Waals surface area contributed by atoms with E-state index in [2.05, 4.69) is 15.3 Å². The first-order valence-electron chi connectivity index (χ1n) is 7.70. The number of rotatable bonds is 7. The highest BCUT2D eigenvalue weighted by atomic mass is 32.2. The van der Waals surface area contributed by atoms with Crippen molar-refractivity contribution >= 4 is 17.7 Å². The summed E-state index contributed by atoms with van der Waals surface area (Å²) < 4.78 is 4.99. The van der Waals surface area contributed by atoms with Gasteiger partial charge in [0.15, 0.2) is 5.16 Å². The fraction of sp³-hybridized carbons (Fsp3) is 0.353. The molecular weight excluding hydrogens is 326 g/mol. The van der Waals surface area contributed by atoms with Gasteiger partial charge >= 0.3 is 0 Å². The minimum atomic E-state index is -0.355. The largest absolute Gasteiger partial charge is 0.481 e. The SMILES string of the molecule is CC[C@H](Sc1nc(OC)cc(=O)[nH]1)C(=O)N[C@H](C)c1ccccc1. The van der Waals surface area contributed by atoms with Gasteiger partial charge in [0.2, 0.25) is 11.8 Å². The van der Waals surface area contributed by atoms with E-state index in [1.807, 2.05) is 44.2 Å². The molecule has 0 saturated carbocycles. The van der Waals surface area contributed by atoms with E-state index < -0.39 is 0 Å². The molecule has 128 valence electrons. The Bertz CT molecular complexity index is 733. The molecule has 2 N–H and O–H groups in total. The smallest absolute Gasteiger partial charge is 0.255 e. The summed E-state index contributed by atoms with van der Waals surface area (Å²) in [6, 6.07) is 10.9. The van der Waals surface area contributed by atoms with E-state index in [0.717, 1.165) is 5.56 Å². The number of nitrogens with one attached hydrogen (secondary N) is 2. The standard InChI is InChI=1S/C17H21N3O3S/c1-4-13(24-17-19-14(21)10-15(20-17)23-3)16(22)18-11(2)12-8-6-5-7-9-12/h5-11,13H,4H2,1-3H3,(H,18,22)(H,19,20,21)/t11-,13+/m1/s1. The summed E-state index contributed by atoms with van der Waals surface area (Å²) in [5, 5.41) is 3.01. The van der Waals surface area contributed by atoms with Crippen molar-refractivity contribution in [3.63, 3.8) is 0 Å². The number of hydrogen-bond donors (Lipinski definition) is 2. The first-order chi connectivity index (χ1) is 11.5. The van der Waals surface area contributed by atoms with Crippen LogP contribution in [0.15, 0.2) is 46.3 Å². The molecule has 6 nitrogen and oxygen atoms in total. The third-order valence-corrected chi connectivity index (χ3v) is 4.73. The predicted octanol–water partition coefficient (Wildman–Crippen LogP) is 2.53. The third-order valence-electron chi connectivity index (χ3n) is 3.48. The van der Waals surface area contributed by atoms with Crippen LogP contribution >= 0.6 is 11.8 Å². The molecule has 0 saturated heterocycles. The van der Waals surface area contributed by atoms with Crippen molar-refractivity contribution < 1.29 is 9.53 Å². The van der Waals surface area contributed by atoms with E-state index in [1.54, 1.807) is 0 Å². The van der Waals surface area contributed by atoms with Crippen LogP contribution in [0.25, 0.3) is 0 Å². The number of carbonyl (C=O) groups excluding carboxylic acids is 1. The molecule has 1 amide bonds. The van der Waals surface area contributed by atoms with E-state index in [4.69, 9.17) is 4.74 Å². The molecule has 0 bridgehead atoms. The first-order valence-corrected chi connectivity index (χ1v) is 8.58. The molecule has 0 fully saturated rings. The van der Waals surface area contributed by atoms with Crippen LogP contribution in [0.5, 0.6) is 5.88 Å². The molecule has 0 aliphatic rings. The second-order valence-electron chi connectivity index (χ2n) is 5.25. The molecule has 0 aliphatic carbocycles. The van der Waals surface area contributed by atoms with Crippen molar-refractivity contribution in [2.75, 3.05) is 7.11 Å². The topological polar surface area (TPSA) is 84.1 Å². The van der Waals surface area contributed by atoms with Crippen LogP contribution in [0.2, 0.25) is 0 Å². The molecule has 0 radical (unpaired) electrons. The Morgan fingerprint density at radius 1 is 1.38 bits per heavy atom. The van der Waals surface area contributed by atoms with Gasteiger partial charge in [-0.05, 0) is 18.9 Å². The molecular formula is C17H21N3O3S. The molecule has 2 rings (SSSR count). The van der Waals surface area contributed by atoms with E-state index in [0.29, 0.717) is 11.6 Å². The molecule has 0 spiro atoms. The molecule has 24 heavy (non-hydrogen) atoms. The summed E-state index contributed by atoms with van der Waals surface area (Å²) in [5.41, 5.74) is 0.732. The van der Waals surface area contributed by atoms with Gasteiger partial charge in [-0.2, -0.15) is 4.98 Å². The Balaban J connectivity index is 2.06. The highest BCUT2D eigenvalue weighted by Gasteiger charge is 2.21. The summed E-state index contributed by atoms with van der Waals surface area (Å²) in [5.74, 6) is 0.137. The summed E-state index contributed by atoms with van der Waals surface area (Å²) in [4.78, 5) is 30.9. The number of H-pyrrole nitrogens is 1. The number of hydrogen-bond acceptors (Lipinski definition) is 5. The van der Waals surface area contributed by atoms with E-state index in [9.17, 15) is 9.59 Å². The minimum Gasteiger partial charge on any atom is -0.481 e. The number of amides is 1. The van der Waals surface area contributed by atoms with Crippen LogP contribution < -0.4 is 15.6 Å². The average molecular weight is 347 g/mol. The maximum absolute atomic E-state index is 12.5. The van der Waals surface area contributed by atoms with Crippen molar-refractivity contribution in [1.29, 1.82) is 0 Å². The summed E-state index contributed by atoms with van der Waals surface area (Å²) in [7, 11) is 1.45. The van der Waals surface area contributed by atoms with Gasteiger partial charge in [-0.25, -0.2) is 0 Å². The minimum absolute atomic E-state index is 0.0920. The lowest BCUT2D eigenvalue weighted by molar-refractivity contribution is -0.121. The maximum atomic E-state index is 12.5. The number of aromatic nitrogens is 2. The number of nitrogens with zero attached hydrogens (tertiary/aromatic N) is 1. The second kappa shape index (κ2) is 8.54. The van der Waals surface area contributed by atoms with Crippen LogP contribution in [-0.2, 0) is 4.79 Å². The molecule has 0 aliphatic heterocycles. The Hall–Kier alpha value is -2.28. The lowest BCUT2D eigenvalue weighted by Gasteiger charge is -2.19. The third kappa shape index (κ3) is 4.86. The number of ether oxygens (including phenoxy) is 1. The monoisotopic (exact) mass is 347 g/mol. The van der Waals surface area contributed by atoms with Crippen LogP contribution in [0.3, 0.4) is 0 Å². The quantitative estimate of drug-likeness (QED) is 0.594. The van der Waals surface area contributed by atoms with Crippen molar-refractivity contribution in [3.8, 4) is 5.88 Å². The van der Waals surface area contributed by atoms with Gasteiger partial charge in [-0.3, -0.25) is 9.59 Å². The lowest BCUT2D eigenvalue weighted by atomic mass is 10.1. The molecule has 0 unspecified atom stereocenters. The number of carbonyl (C=O) groups is 1. The first kappa shape index (κ1) is 18.1. The van der Waals surface area contributed by atoms with Crippen LogP contribution in [0.4, 0.5) is 0 Å². The van der Waals surface area contributed by atoms with Gasteiger partial charge in [0.25, 0.3) is 5.56 Å². The molecule has 2 aromatic rings. The van der Waals surface area contributed by atoms with Gasteiger partial charge in [0.1, 0.15) is 0 Å². The maximum Gasteiger partial charge on any atom is 0.255 e. The molecule has 1 aromatic carbocycles. The summed E-state index contributed by atoms with van der Waals surface area (Å²) >= 11 is 1.22. The fourth-order valence-corrected chi connectivity index (χ4v) is 3.08. The zero-order chi connectivity index (χ0) is 17.5. The highest BCUT2D eigenvalue weighted by Crippen LogP contribution is 2.23. The number of thioether (sulfide) groups is 1. The van der Waals surface area contributed by atoms with Gasteiger partial charge in [-0.15, -0.1) is 0 Å². The Kier molecular flexibility index (Phi) is 6.43. The Morgan fingerprint density at radius 2 is 2.08 bits per heavy atom. The zero-order valence-corrected chi connectivity index (χ0v) is 14.7. The van der Waals surface area contributed by atoms with Gasteiger partial charge < -0.3 is 15.0 Å². The fourth-order valence-electron chi connectivity index (χ4n) is 2.16.